The highest BCUT2D eigenvalue weighted by Crippen LogP contribution is 2.25. The van der Waals surface area contributed by atoms with Gasteiger partial charge in [0.15, 0.2) is 0 Å². The first kappa shape index (κ1) is 28.5. The Hall–Kier alpha value is -4.46. The number of fused-ring (bicyclic) bond motifs is 1. The maximum Gasteiger partial charge on any atom is 0.306 e. The Balaban J connectivity index is 1.77. The van der Waals surface area contributed by atoms with Gasteiger partial charge in [-0.15, -0.1) is 0 Å². The Bertz CT molecular complexity index is 1500. The fourth-order valence-corrected chi connectivity index (χ4v) is 4.69. The van der Waals surface area contributed by atoms with E-state index in [4.69, 9.17) is 14.5 Å². The Kier molecular flexibility index (Phi) is 9.67. The van der Waals surface area contributed by atoms with E-state index in [2.05, 4.69) is 0 Å². The van der Waals surface area contributed by atoms with Crippen LogP contribution in [0.5, 0.6) is 5.75 Å². The highest BCUT2D eigenvalue weighted by molar-refractivity contribution is 5.82. The van der Waals surface area contributed by atoms with Gasteiger partial charge in [0.1, 0.15) is 11.6 Å². The molecule has 0 saturated carbocycles. The highest BCUT2D eigenvalue weighted by Gasteiger charge is 2.27. The van der Waals surface area contributed by atoms with Gasteiger partial charge in [-0.2, -0.15) is 0 Å². The first-order valence-corrected chi connectivity index (χ1v) is 13.7. The molecule has 1 unspecified atom stereocenters. The van der Waals surface area contributed by atoms with Gasteiger partial charge in [-0.05, 0) is 69.2 Å². The summed E-state index contributed by atoms with van der Waals surface area (Å²) in [7, 11) is 0. The molecule has 0 aliphatic heterocycles. The average molecular weight is 542 g/mol. The predicted octanol–water partition coefficient (Wildman–Crippen LogP) is 5.26. The molecular weight excluding hydrogens is 506 g/mol. The summed E-state index contributed by atoms with van der Waals surface area (Å²) in [5.41, 5.74) is 2.03. The van der Waals surface area contributed by atoms with Crippen molar-refractivity contribution in [3.8, 4) is 11.4 Å². The summed E-state index contributed by atoms with van der Waals surface area (Å²) in [6, 6.07) is 23.8. The minimum absolute atomic E-state index is 0.00116. The molecule has 0 aliphatic rings. The Morgan fingerprint density at radius 2 is 1.60 bits per heavy atom. The smallest absolute Gasteiger partial charge is 0.306 e. The SMILES string of the molecule is CCOC(=O)CCC(=O)N(CCc1ccccc1)C(C)c1nc2ccccc2c(=O)n1-c1ccc(OCC)cc1. The van der Waals surface area contributed by atoms with E-state index >= 15 is 0 Å². The van der Waals surface area contributed by atoms with Crippen LogP contribution in [0.3, 0.4) is 0 Å². The van der Waals surface area contributed by atoms with Crippen molar-refractivity contribution in [1.29, 1.82) is 0 Å². The summed E-state index contributed by atoms with van der Waals surface area (Å²) < 4.78 is 12.2. The van der Waals surface area contributed by atoms with Crippen LogP contribution < -0.4 is 10.3 Å². The van der Waals surface area contributed by atoms with E-state index in [-0.39, 0.29) is 30.9 Å². The van der Waals surface area contributed by atoms with Crippen LogP contribution in [0.25, 0.3) is 16.6 Å². The summed E-state index contributed by atoms with van der Waals surface area (Å²) in [4.78, 5) is 46.1. The fourth-order valence-electron chi connectivity index (χ4n) is 4.69. The number of amides is 1. The molecule has 0 N–H and O–H groups in total. The zero-order valence-corrected chi connectivity index (χ0v) is 23.2. The molecule has 208 valence electrons. The van der Waals surface area contributed by atoms with Crippen LogP contribution in [-0.2, 0) is 20.7 Å². The van der Waals surface area contributed by atoms with Crippen molar-refractivity contribution in [1.82, 2.24) is 14.5 Å². The maximum atomic E-state index is 13.9. The van der Waals surface area contributed by atoms with Gasteiger partial charge in [-0.3, -0.25) is 19.0 Å². The third-order valence-corrected chi connectivity index (χ3v) is 6.70. The van der Waals surface area contributed by atoms with Crippen molar-refractivity contribution in [3.63, 3.8) is 0 Å². The van der Waals surface area contributed by atoms with Crippen molar-refractivity contribution in [2.24, 2.45) is 0 Å². The van der Waals surface area contributed by atoms with Crippen LogP contribution in [0.1, 0.15) is 51.0 Å². The molecular formula is C32H35N3O5. The molecule has 8 nitrogen and oxygen atoms in total. The third kappa shape index (κ3) is 6.75. The number of aromatic nitrogens is 2. The van der Waals surface area contributed by atoms with Gasteiger partial charge in [-0.1, -0.05) is 42.5 Å². The van der Waals surface area contributed by atoms with Gasteiger partial charge in [0.25, 0.3) is 5.56 Å². The minimum Gasteiger partial charge on any atom is -0.494 e. The van der Waals surface area contributed by atoms with Gasteiger partial charge in [-0.25, -0.2) is 4.98 Å². The number of benzene rings is 3. The van der Waals surface area contributed by atoms with Crippen molar-refractivity contribution < 1.29 is 19.1 Å². The van der Waals surface area contributed by atoms with E-state index in [0.29, 0.717) is 47.7 Å². The summed E-state index contributed by atoms with van der Waals surface area (Å²) >= 11 is 0. The van der Waals surface area contributed by atoms with Crippen LogP contribution in [-0.4, -0.2) is 46.1 Å². The summed E-state index contributed by atoms with van der Waals surface area (Å²) in [6.45, 7) is 6.70. The summed E-state index contributed by atoms with van der Waals surface area (Å²) in [5.74, 6) is 0.505. The second-order valence-corrected chi connectivity index (χ2v) is 9.36. The van der Waals surface area contributed by atoms with E-state index in [1.54, 1.807) is 28.5 Å². The molecule has 0 spiro atoms. The minimum atomic E-state index is -0.567. The number of esters is 1. The zero-order chi connectivity index (χ0) is 28.5. The molecule has 40 heavy (non-hydrogen) atoms. The molecule has 1 heterocycles. The summed E-state index contributed by atoms with van der Waals surface area (Å²) in [5, 5.41) is 0.483. The maximum absolute atomic E-state index is 13.9. The molecule has 0 aliphatic carbocycles. The van der Waals surface area contributed by atoms with Crippen LogP contribution >= 0.6 is 0 Å². The standard InChI is InChI=1S/C32H35N3O5/c1-4-39-26-17-15-25(16-18-26)35-31(33-28-14-10-9-13-27(28)32(35)38)23(3)34(22-21-24-11-7-6-8-12-24)29(36)19-20-30(37)40-5-2/h6-18,23H,4-5,19-22H2,1-3H3. The second-order valence-electron chi connectivity index (χ2n) is 9.36. The number of para-hydroxylation sites is 1. The van der Waals surface area contributed by atoms with Gasteiger partial charge in [0, 0.05) is 13.0 Å². The number of ether oxygens (including phenoxy) is 2. The number of nitrogens with zero attached hydrogens (tertiary/aromatic N) is 3. The zero-order valence-electron chi connectivity index (χ0n) is 23.2. The van der Waals surface area contributed by atoms with Gasteiger partial charge in [0.05, 0.1) is 42.3 Å². The molecule has 4 rings (SSSR count). The fraction of sp³-hybridized carbons (Fsp3) is 0.312. The monoisotopic (exact) mass is 541 g/mol. The summed E-state index contributed by atoms with van der Waals surface area (Å²) in [6.07, 6.45) is 0.591. The number of hydrogen-bond donors (Lipinski definition) is 0. The van der Waals surface area contributed by atoms with Crippen LogP contribution in [0, 0.1) is 0 Å². The van der Waals surface area contributed by atoms with E-state index in [1.807, 2.05) is 80.6 Å². The first-order valence-electron chi connectivity index (χ1n) is 13.7. The van der Waals surface area contributed by atoms with E-state index in [0.717, 1.165) is 5.56 Å². The predicted molar refractivity (Wildman–Crippen MR) is 155 cm³/mol. The Labute approximate surface area is 234 Å². The van der Waals surface area contributed by atoms with Crippen molar-refractivity contribution in [3.05, 3.63) is 101 Å². The number of carbonyl (C=O) groups excluding carboxylic acids is 2. The largest absolute Gasteiger partial charge is 0.494 e. The Morgan fingerprint density at radius 1 is 0.900 bits per heavy atom. The lowest BCUT2D eigenvalue weighted by molar-refractivity contribution is -0.146. The molecule has 0 fully saturated rings. The molecule has 1 amide bonds. The van der Waals surface area contributed by atoms with Crippen LogP contribution in [0.15, 0.2) is 83.7 Å². The molecule has 8 heteroatoms. The Morgan fingerprint density at radius 3 is 2.30 bits per heavy atom. The number of hydrogen-bond acceptors (Lipinski definition) is 6. The van der Waals surface area contributed by atoms with Gasteiger partial charge < -0.3 is 14.4 Å². The molecule has 0 radical (unpaired) electrons. The topological polar surface area (TPSA) is 90.7 Å². The normalized spacial score (nSPS) is 11.7. The van der Waals surface area contributed by atoms with Crippen LogP contribution in [0.4, 0.5) is 0 Å². The number of rotatable bonds is 12. The molecule has 3 aromatic carbocycles. The van der Waals surface area contributed by atoms with Crippen LogP contribution in [0.2, 0.25) is 0 Å². The lowest BCUT2D eigenvalue weighted by atomic mass is 10.1. The van der Waals surface area contributed by atoms with Crippen molar-refractivity contribution in [2.75, 3.05) is 19.8 Å². The molecule has 4 aromatic rings. The lowest BCUT2D eigenvalue weighted by Gasteiger charge is -2.31. The lowest BCUT2D eigenvalue weighted by Crippen LogP contribution is -2.39. The van der Waals surface area contributed by atoms with Crippen molar-refractivity contribution in [2.45, 2.75) is 46.1 Å². The molecule has 1 aromatic heterocycles. The van der Waals surface area contributed by atoms with E-state index in [9.17, 15) is 14.4 Å². The highest BCUT2D eigenvalue weighted by atomic mass is 16.5. The van der Waals surface area contributed by atoms with Crippen molar-refractivity contribution >= 4 is 22.8 Å². The van der Waals surface area contributed by atoms with E-state index < -0.39 is 12.0 Å². The molecule has 0 bridgehead atoms. The van der Waals surface area contributed by atoms with Gasteiger partial charge in [0.2, 0.25) is 5.91 Å². The van der Waals surface area contributed by atoms with E-state index in [1.165, 1.54) is 0 Å². The number of carbonyl (C=O) groups is 2. The quantitative estimate of drug-likeness (QED) is 0.227. The van der Waals surface area contributed by atoms with Gasteiger partial charge >= 0.3 is 5.97 Å². The third-order valence-electron chi connectivity index (χ3n) is 6.70. The first-order chi connectivity index (χ1) is 19.4. The second kappa shape index (κ2) is 13.6. The average Bonchev–Trinajstić information content (AvgIpc) is 2.97. The molecule has 0 saturated heterocycles. The molecule has 1 atom stereocenters.